The van der Waals surface area contributed by atoms with E-state index in [1.54, 1.807) is 19.1 Å². The van der Waals surface area contributed by atoms with Crippen molar-refractivity contribution in [3.63, 3.8) is 0 Å². The Balaban J connectivity index is 2.14. The summed E-state index contributed by atoms with van der Waals surface area (Å²) in [6.45, 7) is 3.81. The van der Waals surface area contributed by atoms with Crippen LogP contribution in [0.1, 0.15) is 23.6 Å². The number of hydrogen-bond acceptors (Lipinski definition) is 4. The van der Waals surface area contributed by atoms with Gasteiger partial charge >= 0.3 is 0 Å². The summed E-state index contributed by atoms with van der Waals surface area (Å²) >= 11 is 1.49. The van der Waals surface area contributed by atoms with Gasteiger partial charge < -0.3 is 5.84 Å². The molecule has 6 heteroatoms. The van der Waals surface area contributed by atoms with E-state index in [4.69, 9.17) is 5.84 Å². The lowest BCUT2D eigenvalue weighted by Gasteiger charge is -2.10. The molecule has 0 aliphatic heterocycles. The highest BCUT2D eigenvalue weighted by molar-refractivity contribution is 7.99. The molecule has 4 nitrogen and oxygen atoms in total. The van der Waals surface area contributed by atoms with Crippen LogP contribution < -0.4 is 5.84 Å². The van der Waals surface area contributed by atoms with Crippen molar-refractivity contribution in [3.05, 3.63) is 41.5 Å². The lowest BCUT2D eigenvalue weighted by atomic mass is 10.2. The van der Waals surface area contributed by atoms with Gasteiger partial charge in [-0.2, -0.15) is 0 Å². The van der Waals surface area contributed by atoms with Crippen LogP contribution in [0.3, 0.4) is 0 Å². The fourth-order valence-electron chi connectivity index (χ4n) is 1.39. The standard InChI is InChI=1S/C11H13FN4S/c1-7(9-3-5-10(12)6-4-9)17-11-15-14-8(2)16(11)13/h3-7H,13H2,1-2H3/t7-/m0/s1. The number of rotatable bonds is 3. The van der Waals surface area contributed by atoms with E-state index in [1.165, 1.54) is 28.6 Å². The summed E-state index contributed by atoms with van der Waals surface area (Å²) in [5.74, 6) is 6.20. The smallest absolute Gasteiger partial charge is 0.210 e. The van der Waals surface area contributed by atoms with E-state index in [9.17, 15) is 4.39 Å². The van der Waals surface area contributed by atoms with Crippen LogP contribution in [0.2, 0.25) is 0 Å². The van der Waals surface area contributed by atoms with Crippen molar-refractivity contribution >= 4 is 11.8 Å². The molecule has 0 aliphatic rings. The molecule has 1 aromatic carbocycles. The predicted octanol–water partition coefficient (Wildman–Crippen LogP) is 2.29. The van der Waals surface area contributed by atoms with Crippen molar-refractivity contribution in [2.24, 2.45) is 0 Å². The Labute approximate surface area is 103 Å². The average Bonchev–Trinajstić information content (AvgIpc) is 2.62. The van der Waals surface area contributed by atoms with Gasteiger partial charge in [-0.15, -0.1) is 10.2 Å². The van der Waals surface area contributed by atoms with Gasteiger partial charge in [0.15, 0.2) is 0 Å². The molecule has 0 bridgehead atoms. The number of benzene rings is 1. The van der Waals surface area contributed by atoms with Gasteiger partial charge in [-0.25, -0.2) is 9.07 Å². The van der Waals surface area contributed by atoms with E-state index >= 15 is 0 Å². The molecule has 2 rings (SSSR count). The first-order valence-corrected chi connectivity index (χ1v) is 6.05. The van der Waals surface area contributed by atoms with Crippen LogP contribution in [0, 0.1) is 12.7 Å². The fraction of sp³-hybridized carbons (Fsp3) is 0.273. The lowest BCUT2D eigenvalue weighted by Crippen LogP contribution is -2.11. The summed E-state index contributed by atoms with van der Waals surface area (Å²) in [4.78, 5) is 0. The minimum Gasteiger partial charge on any atom is -0.336 e. The quantitative estimate of drug-likeness (QED) is 0.672. The average molecular weight is 252 g/mol. The van der Waals surface area contributed by atoms with Crippen molar-refractivity contribution < 1.29 is 4.39 Å². The number of nitrogens with zero attached hydrogens (tertiary/aromatic N) is 3. The summed E-state index contributed by atoms with van der Waals surface area (Å²) in [6, 6.07) is 6.42. The van der Waals surface area contributed by atoms with Crippen LogP contribution in [-0.4, -0.2) is 14.9 Å². The molecule has 90 valence electrons. The van der Waals surface area contributed by atoms with Gasteiger partial charge in [0.2, 0.25) is 5.16 Å². The topological polar surface area (TPSA) is 56.7 Å². The molecule has 0 unspecified atom stereocenters. The summed E-state index contributed by atoms with van der Waals surface area (Å²) in [6.07, 6.45) is 0. The van der Waals surface area contributed by atoms with Gasteiger partial charge in [-0.3, -0.25) is 0 Å². The fourth-order valence-corrected chi connectivity index (χ4v) is 2.33. The molecule has 17 heavy (non-hydrogen) atoms. The van der Waals surface area contributed by atoms with Gasteiger partial charge in [0.05, 0.1) is 0 Å². The minimum absolute atomic E-state index is 0.140. The van der Waals surface area contributed by atoms with Gasteiger partial charge in [0, 0.05) is 5.25 Å². The number of hydrogen-bond donors (Lipinski definition) is 1. The second-order valence-electron chi connectivity index (χ2n) is 3.71. The largest absolute Gasteiger partial charge is 0.336 e. The second kappa shape index (κ2) is 4.75. The lowest BCUT2D eigenvalue weighted by molar-refractivity contribution is 0.627. The highest BCUT2D eigenvalue weighted by Crippen LogP contribution is 2.33. The number of aromatic nitrogens is 3. The molecule has 0 amide bonds. The molecule has 0 fully saturated rings. The van der Waals surface area contributed by atoms with E-state index in [0.717, 1.165) is 5.56 Å². The molecule has 0 saturated carbocycles. The molecule has 1 aromatic heterocycles. The zero-order valence-electron chi connectivity index (χ0n) is 9.59. The second-order valence-corrected chi connectivity index (χ2v) is 5.02. The number of thioether (sulfide) groups is 1. The highest BCUT2D eigenvalue weighted by Gasteiger charge is 2.13. The molecule has 0 radical (unpaired) electrons. The van der Waals surface area contributed by atoms with Gasteiger partial charge in [0.25, 0.3) is 0 Å². The first-order valence-electron chi connectivity index (χ1n) is 5.17. The van der Waals surface area contributed by atoms with Crippen molar-refractivity contribution in [2.45, 2.75) is 24.3 Å². The van der Waals surface area contributed by atoms with Gasteiger partial charge in [-0.05, 0) is 31.5 Å². The van der Waals surface area contributed by atoms with E-state index < -0.39 is 0 Å². The Kier molecular flexibility index (Phi) is 3.33. The molecule has 0 saturated heterocycles. The Morgan fingerprint density at radius 1 is 1.29 bits per heavy atom. The van der Waals surface area contributed by atoms with Crippen molar-refractivity contribution in [2.75, 3.05) is 5.84 Å². The molecular formula is C11H13FN4S. The third kappa shape index (κ3) is 2.58. The molecule has 1 heterocycles. The Morgan fingerprint density at radius 3 is 2.47 bits per heavy atom. The maximum Gasteiger partial charge on any atom is 0.210 e. The van der Waals surface area contributed by atoms with Crippen LogP contribution in [0.4, 0.5) is 4.39 Å². The van der Waals surface area contributed by atoms with E-state index in [-0.39, 0.29) is 11.1 Å². The van der Waals surface area contributed by atoms with E-state index in [0.29, 0.717) is 11.0 Å². The first kappa shape index (κ1) is 11.9. The summed E-state index contributed by atoms with van der Waals surface area (Å²) < 4.78 is 14.2. The van der Waals surface area contributed by atoms with Crippen molar-refractivity contribution in [1.29, 1.82) is 0 Å². The van der Waals surface area contributed by atoms with Crippen LogP contribution in [0.5, 0.6) is 0 Å². The molecular weight excluding hydrogens is 239 g/mol. The summed E-state index contributed by atoms with van der Waals surface area (Å²) in [5.41, 5.74) is 1.03. The van der Waals surface area contributed by atoms with Gasteiger partial charge in [0.1, 0.15) is 11.6 Å². The molecule has 0 spiro atoms. The third-order valence-electron chi connectivity index (χ3n) is 2.46. The maximum absolute atomic E-state index is 12.8. The van der Waals surface area contributed by atoms with Crippen LogP contribution >= 0.6 is 11.8 Å². The van der Waals surface area contributed by atoms with E-state index in [1.807, 2.05) is 6.92 Å². The zero-order valence-corrected chi connectivity index (χ0v) is 10.4. The normalized spacial score (nSPS) is 12.6. The Bertz CT molecular complexity index is 509. The molecule has 2 aromatic rings. The van der Waals surface area contributed by atoms with Crippen molar-refractivity contribution in [3.8, 4) is 0 Å². The van der Waals surface area contributed by atoms with Gasteiger partial charge in [-0.1, -0.05) is 23.9 Å². The minimum atomic E-state index is -0.233. The predicted molar refractivity (Wildman–Crippen MR) is 65.6 cm³/mol. The Morgan fingerprint density at radius 2 is 1.94 bits per heavy atom. The summed E-state index contributed by atoms with van der Waals surface area (Å²) in [5, 5.41) is 8.65. The zero-order chi connectivity index (χ0) is 12.4. The van der Waals surface area contributed by atoms with E-state index in [2.05, 4.69) is 10.2 Å². The Hall–Kier alpha value is -1.56. The summed E-state index contributed by atoms with van der Waals surface area (Å²) in [7, 11) is 0. The third-order valence-corrected chi connectivity index (χ3v) is 3.57. The maximum atomic E-state index is 12.8. The van der Waals surface area contributed by atoms with Crippen LogP contribution in [-0.2, 0) is 0 Å². The van der Waals surface area contributed by atoms with Crippen LogP contribution in [0.25, 0.3) is 0 Å². The molecule has 0 aliphatic carbocycles. The first-order chi connectivity index (χ1) is 8.08. The monoisotopic (exact) mass is 252 g/mol. The number of halogens is 1. The number of aryl methyl sites for hydroxylation is 1. The molecule has 2 N–H and O–H groups in total. The SMILES string of the molecule is Cc1nnc(S[C@@H](C)c2ccc(F)cc2)n1N. The van der Waals surface area contributed by atoms with Crippen LogP contribution in [0.15, 0.2) is 29.4 Å². The molecule has 1 atom stereocenters. The number of nitrogens with two attached hydrogens (primary N) is 1. The van der Waals surface area contributed by atoms with Crippen molar-refractivity contribution in [1.82, 2.24) is 14.9 Å². The number of nitrogen functional groups attached to an aromatic ring is 1. The highest BCUT2D eigenvalue weighted by atomic mass is 32.2.